The van der Waals surface area contributed by atoms with Crippen LogP contribution in [0, 0.1) is 5.82 Å². The summed E-state index contributed by atoms with van der Waals surface area (Å²) in [6.45, 7) is 0.147. The Balaban J connectivity index is 1.46. The highest BCUT2D eigenvalue weighted by atomic mass is 19.1. The quantitative estimate of drug-likeness (QED) is 0.518. The van der Waals surface area contributed by atoms with E-state index in [1.807, 2.05) is 0 Å². The van der Waals surface area contributed by atoms with Crippen LogP contribution in [0.3, 0.4) is 0 Å². The number of hydrogen-bond donors (Lipinski definition) is 3. The number of nitrogens with one attached hydrogen (secondary N) is 2. The summed E-state index contributed by atoms with van der Waals surface area (Å²) in [4.78, 5) is 40.1. The Kier molecular flexibility index (Phi) is 5.09. The molecule has 0 aliphatic carbocycles. The molecule has 0 spiro atoms. The molecule has 0 radical (unpaired) electrons. The van der Waals surface area contributed by atoms with Crippen molar-refractivity contribution < 1.29 is 23.5 Å². The number of rotatable bonds is 7. The van der Waals surface area contributed by atoms with Gasteiger partial charge >= 0.3 is 6.03 Å². The topological polar surface area (TPSA) is 118 Å². The molecule has 3 aromatic rings. The van der Waals surface area contributed by atoms with Crippen molar-refractivity contribution in [2.24, 2.45) is 5.73 Å². The number of nitrogens with zero attached hydrogens (tertiary/aromatic N) is 1. The molecule has 2 aromatic carbocycles. The Hall–Kier alpha value is -3.88. The van der Waals surface area contributed by atoms with Gasteiger partial charge in [0.2, 0.25) is 5.91 Å². The van der Waals surface area contributed by atoms with Crippen LogP contribution >= 0.6 is 0 Å². The third kappa shape index (κ3) is 3.82. The van der Waals surface area contributed by atoms with E-state index in [0.717, 1.165) is 15.8 Å². The van der Waals surface area contributed by atoms with Crippen LogP contribution in [0.15, 0.2) is 48.7 Å². The highest BCUT2D eigenvalue weighted by Crippen LogP contribution is 2.26. The smallest absolute Gasteiger partial charge is 0.329 e. The second-order valence-corrected chi connectivity index (χ2v) is 6.94. The first-order valence-electron chi connectivity index (χ1n) is 9.33. The summed E-state index contributed by atoms with van der Waals surface area (Å²) >= 11 is 0. The lowest BCUT2D eigenvalue weighted by molar-refractivity contribution is -0.119. The van der Waals surface area contributed by atoms with Gasteiger partial charge in [0.1, 0.15) is 17.6 Å². The van der Waals surface area contributed by atoms with Gasteiger partial charge in [0.05, 0.1) is 18.7 Å². The number of urea groups is 1. The monoisotopic (exact) mass is 410 g/mol. The van der Waals surface area contributed by atoms with E-state index in [2.05, 4.69) is 10.3 Å². The highest BCUT2D eigenvalue weighted by molar-refractivity contribution is 6.21. The molecule has 0 bridgehead atoms. The molecule has 2 heterocycles. The summed E-state index contributed by atoms with van der Waals surface area (Å²) in [5.41, 5.74) is 6.91. The summed E-state index contributed by atoms with van der Waals surface area (Å²) in [6, 6.07) is 9.54. The molecule has 1 aromatic heterocycles. The fraction of sp³-hybridized carbons (Fsp3) is 0.190. The van der Waals surface area contributed by atoms with E-state index < -0.39 is 18.0 Å². The lowest BCUT2D eigenvalue weighted by Gasteiger charge is -2.14. The van der Waals surface area contributed by atoms with Crippen LogP contribution in [0.25, 0.3) is 10.9 Å². The predicted octanol–water partition coefficient (Wildman–Crippen LogP) is 2.23. The maximum absolute atomic E-state index is 13.4. The van der Waals surface area contributed by atoms with Gasteiger partial charge in [-0.05, 0) is 48.0 Å². The van der Waals surface area contributed by atoms with E-state index in [0.29, 0.717) is 17.0 Å². The number of halogens is 1. The zero-order chi connectivity index (χ0) is 21.3. The number of ether oxygens (including phenoxy) is 1. The van der Waals surface area contributed by atoms with Gasteiger partial charge in [0.15, 0.2) is 0 Å². The van der Waals surface area contributed by atoms with Gasteiger partial charge in [-0.3, -0.25) is 9.59 Å². The fourth-order valence-corrected chi connectivity index (χ4v) is 3.42. The Morgan fingerprint density at radius 3 is 2.67 bits per heavy atom. The molecule has 1 aliphatic heterocycles. The van der Waals surface area contributed by atoms with E-state index in [1.165, 1.54) is 12.1 Å². The third-order valence-electron chi connectivity index (χ3n) is 4.88. The molecule has 9 heteroatoms. The summed E-state index contributed by atoms with van der Waals surface area (Å²) in [7, 11) is 0. The molecule has 154 valence electrons. The van der Waals surface area contributed by atoms with E-state index in [4.69, 9.17) is 10.5 Å². The van der Waals surface area contributed by atoms with Crippen molar-refractivity contribution in [3.8, 4) is 5.75 Å². The molecule has 30 heavy (non-hydrogen) atoms. The first-order chi connectivity index (χ1) is 14.4. The summed E-state index contributed by atoms with van der Waals surface area (Å²) < 4.78 is 18.8. The molecular formula is C21H19FN4O4. The average molecular weight is 410 g/mol. The number of aromatic nitrogens is 1. The van der Waals surface area contributed by atoms with Crippen molar-refractivity contribution in [3.63, 3.8) is 0 Å². The number of imide groups is 1. The number of carbonyl (C=O) groups is 3. The van der Waals surface area contributed by atoms with Gasteiger partial charge in [-0.2, -0.15) is 0 Å². The van der Waals surface area contributed by atoms with Gasteiger partial charge in [0.25, 0.3) is 5.91 Å². The minimum absolute atomic E-state index is 0.0942. The molecule has 8 nitrogen and oxygen atoms in total. The molecule has 1 fully saturated rings. The predicted molar refractivity (Wildman–Crippen MR) is 108 cm³/mol. The van der Waals surface area contributed by atoms with Crippen LogP contribution in [-0.2, 0) is 16.0 Å². The van der Waals surface area contributed by atoms with Gasteiger partial charge in [-0.1, -0.05) is 0 Å². The molecule has 1 unspecified atom stereocenters. The van der Waals surface area contributed by atoms with Crippen LogP contribution in [-0.4, -0.2) is 35.5 Å². The van der Waals surface area contributed by atoms with Crippen molar-refractivity contribution in [1.82, 2.24) is 10.3 Å². The van der Waals surface area contributed by atoms with Crippen molar-refractivity contribution in [3.05, 3.63) is 60.0 Å². The highest BCUT2D eigenvalue weighted by Gasteiger charge is 2.39. The SMILES string of the molecule is NC(=O)CCOc1ccc(N2C(=O)NC(Cc3c[nH]c4cc(F)ccc34)C2=O)cc1. The number of hydrogen-bond acceptors (Lipinski definition) is 4. The minimum Gasteiger partial charge on any atom is -0.493 e. The third-order valence-corrected chi connectivity index (χ3v) is 4.88. The van der Waals surface area contributed by atoms with Crippen LogP contribution in [0.1, 0.15) is 12.0 Å². The van der Waals surface area contributed by atoms with Gasteiger partial charge < -0.3 is 20.8 Å². The van der Waals surface area contributed by atoms with Crippen LogP contribution in [0.5, 0.6) is 5.75 Å². The molecule has 0 saturated carbocycles. The molecule has 1 aliphatic rings. The largest absolute Gasteiger partial charge is 0.493 e. The Morgan fingerprint density at radius 2 is 1.93 bits per heavy atom. The van der Waals surface area contributed by atoms with Crippen LogP contribution in [0.2, 0.25) is 0 Å². The number of H-pyrrole nitrogens is 1. The molecule has 4 rings (SSSR count). The lowest BCUT2D eigenvalue weighted by Crippen LogP contribution is -2.32. The maximum Gasteiger partial charge on any atom is 0.329 e. The Labute approximate surface area is 170 Å². The fourth-order valence-electron chi connectivity index (χ4n) is 3.42. The lowest BCUT2D eigenvalue weighted by atomic mass is 10.0. The first kappa shape index (κ1) is 19.4. The minimum atomic E-state index is -0.729. The Morgan fingerprint density at radius 1 is 1.17 bits per heavy atom. The van der Waals surface area contributed by atoms with E-state index >= 15 is 0 Å². The van der Waals surface area contributed by atoms with E-state index in [1.54, 1.807) is 36.5 Å². The molecule has 1 saturated heterocycles. The number of primary amides is 1. The van der Waals surface area contributed by atoms with Crippen molar-refractivity contribution in [1.29, 1.82) is 0 Å². The zero-order valence-corrected chi connectivity index (χ0v) is 15.9. The number of carbonyl (C=O) groups excluding carboxylic acids is 3. The number of benzene rings is 2. The van der Waals surface area contributed by atoms with Crippen molar-refractivity contribution in [2.45, 2.75) is 18.9 Å². The van der Waals surface area contributed by atoms with Crippen molar-refractivity contribution in [2.75, 3.05) is 11.5 Å². The number of nitrogens with two attached hydrogens (primary N) is 1. The van der Waals surface area contributed by atoms with Gasteiger partial charge in [-0.25, -0.2) is 14.1 Å². The average Bonchev–Trinajstić information content (AvgIpc) is 3.22. The molecular weight excluding hydrogens is 391 g/mol. The van der Waals surface area contributed by atoms with Crippen LogP contribution in [0.4, 0.5) is 14.9 Å². The number of amides is 4. The first-order valence-corrected chi connectivity index (χ1v) is 9.33. The number of anilines is 1. The van der Waals surface area contributed by atoms with Crippen molar-refractivity contribution >= 4 is 34.4 Å². The molecule has 1 atom stereocenters. The summed E-state index contributed by atoms with van der Waals surface area (Å²) in [5, 5.41) is 3.50. The summed E-state index contributed by atoms with van der Waals surface area (Å²) in [5.74, 6) is -0.694. The summed E-state index contributed by atoms with van der Waals surface area (Å²) in [6.07, 6.45) is 2.09. The maximum atomic E-state index is 13.4. The number of fused-ring (bicyclic) bond motifs is 1. The normalized spacial score (nSPS) is 16.2. The van der Waals surface area contributed by atoms with Crippen LogP contribution < -0.4 is 20.7 Å². The Bertz CT molecular complexity index is 1130. The van der Waals surface area contributed by atoms with E-state index in [-0.39, 0.29) is 31.2 Å². The number of aromatic amines is 1. The zero-order valence-electron chi connectivity index (χ0n) is 15.9. The van der Waals surface area contributed by atoms with Gasteiger partial charge in [-0.15, -0.1) is 0 Å². The van der Waals surface area contributed by atoms with Gasteiger partial charge in [0, 0.05) is 23.5 Å². The standard InChI is InChI=1S/C21H19FN4O4/c22-13-1-6-16-12(11-24-17(16)10-13)9-18-20(28)26(21(29)25-18)14-2-4-15(5-3-14)30-8-7-19(23)27/h1-6,10-11,18,24H,7-9H2,(H2,23,27)(H,25,29). The second-order valence-electron chi connectivity index (χ2n) is 6.94. The molecule has 4 amide bonds. The van der Waals surface area contributed by atoms with E-state index in [9.17, 15) is 18.8 Å². The second kappa shape index (κ2) is 7.86. The molecule has 4 N–H and O–H groups in total.